The number of hydrogen-bond donors (Lipinski definition) is 0. The third-order valence-corrected chi connectivity index (χ3v) is 5.17. The Hall–Kier alpha value is -0.920. The molecule has 0 N–H and O–H groups in total. The lowest BCUT2D eigenvalue weighted by Crippen LogP contribution is -2.16. The first-order chi connectivity index (χ1) is 9.01. The second-order valence-corrected chi connectivity index (χ2v) is 7.48. The molecular formula is C12H13BrN2O2S2. The van der Waals surface area contributed by atoms with Crippen molar-refractivity contribution in [1.29, 1.82) is 0 Å². The molecule has 0 amide bonds. The number of esters is 1. The number of halogens is 1. The second-order valence-electron chi connectivity index (χ2n) is 4.01. The van der Waals surface area contributed by atoms with Crippen LogP contribution in [0.25, 0.3) is 0 Å². The van der Waals surface area contributed by atoms with E-state index in [4.69, 9.17) is 4.74 Å². The van der Waals surface area contributed by atoms with Crippen LogP contribution in [-0.4, -0.2) is 25.1 Å². The molecule has 0 fully saturated rings. The Morgan fingerprint density at radius 3 is 2.89 bits per heavy atom. The lowest BCUT2D eigenvalue weighted by Gasteiger charge is -2.14. The Balaban J connectivity index is 2.15. The van der Waals surface area contributed by atoms with Gasteiger partial charge < -0.3 is 9.64 Å². The summed E-state index contributed by atoms with van der Waals surface area (Å²) in [6, 6.07) is 2.09. The standard InChI is InChI=1S/C12H13BrN2O2S2/c1-7-10(11(16)17-3)14-12(19-7)15(2)5-8-4-9(13)18-6-8/h4,6H,5H2,1-3H3. The number of rotatable bonds is 4. The lowest BCUT2D eigenvalue weighted by atomic mass is 10.3. The maximum atomic E-state index is 11.5. The molecule has 2 heterocycles. The van der Waals surface area contributed by atoms with Crippen molar-refractivity contribution < 1.29 is 9.53 Å². The third kappa shape index (κ3) is 3.34. The molecule has 0 atom stereocenters. The number of thiophene rings is 1. The normalized spacial score (nSPS) is 10.5. The number of aromatic nitrogens is 1. The van der Waals surface area contributed by atoms with Gasteiger partial charge in [-0.1, -0.05) is 0 Å². The first-order valence-corrected chi connectivity index (χ1v) is 8.00. The van der Waals surface area contributed by atoms with Crippen molar-refractivity contribution in [3.63, 3.8) is 0 Å². The SMILES string of the molecule is COC(=O)c1nc(N(C)Cc2csc(Br)c2)sc1C. The number of hydrogen-bond acceptors (Lipinski definition) is 6. The second kappa shape index (κ2) is 6.02. The predicted molar refractivity (Wildman–Crippen MR) is 82.3 cm³/mol. The van der Waals surface area contributed by atoms with Crippen molar-refractivity contribution in [2.75, 3.05) is 19.1 Å². The lowest BCUT2D eigenvalue weighted by molar-refractivity contribution is 0.0594. The fourth-order valence-electron chi connectivity index (χ4n) is 1.60. The highest BCUT2D eigenvalue weighted by Gasteiger charge is 2.18. The summed E-state index contributed by atoms with van der Waals surface area (Å²) in [5.74, 6) is -0.383. The van der Waals surface area contributed by atoms with E-state index < -0.39 is 0 Å². The molecule has 0 spiro atoms. The van der Waals surface area contributed by atoms with Crippen LogP contribution in [0.1, 0.15) is 20.9 Å². The van der Waals surface area contributed by atoms with Gasteiger partial charge in [-0.25, -0.2) is 9.78 Å². The fraction of sp³-hybridized carbons (Fsp3) is 0.333. The molecular weight excluding hydrogens is 348 g/mol. The summed E-state index contributed by atoms with van der Waals surface area (Å²) < 4.78 is 5.83. The van der Waals surface area contributed by atoms with Gasteiger partial charge in [0.2, 0.25) is 0 Å². The number of thiazole rings is 1. The molecule has 2 rings (SSSR count). The van der Waals surface area contributed by atoms with Gasteiger partial charge in [-0.2, -0.15) is 0 Å². The summed E-state index contributed by atoms with van der Waals surface area (Å²) in [6.07, 6.45) is 0. The smallest absolute Gasteiger partial charge is 0.357 e. The number of methoxy groups -OCH3 is 1. The van der Waals surface area contributed by atoms with Crippen LogP contribution in [0.2, 0.25) is 0 Å². The Morgan fingerprint density at radius 1 is 1.58 bits per heavy atom. The largest absolute Gasteiger partial charge is 0.464 e. The predicted octanol–water partition coefficient (Wildman–Crippen LogP) is 3.70. The van der Waals surface area contributed by atoms with E-state index in [1.165, 1.54) is 24.0 Å². The monoisotopic (exact) mass is 360 g/mol. The zero-order valence-corrected chi connectivity index (χ0v) is 14.0. The van der Waals surface area contributed by atoms with Crippen molar-refractivity contribution >= 4 is 49.7 Å². The van der Waals surface area contributed by atoms with E-state index in [-0.39, 0.29) is 5.97 Å². The minimum atomic E-state index is -0.383. The average molecular weight is 361 g/mol. The molecule has 7 heteroatoms. The van der Waals surface area contributed by atoms with E-state index in [1.807, 2.05) is 18.9 Å². The molecule has 102 valence electrons. The summed E-state index contributed by atoms with van der Waals surface area (Å²) in [5, 5.41) is 2.92. The quantitative estimate of drug-likeness (QED) is 0.779. The van der Waals surface area contributed by atoms with E-state index >= 15 is 0 Å². The highest BCUT2D eigenvalue weighted by atomic mass is 79.9. The molecule has 0 aliphatic rings. The summed E-state index contributed by atoms with van der Waals surface area (Å²) in [4.78, 5) is 18.8. The van der Waals surface area contributed by atoms with Gasteiger partial charge in [0, 0.05) is 18.5 Å². The van der Waals surface area contributed by atoms with Crippen molar-refractivity contribution in [3.8, 4) is 0 Å². The Labute approximate surface area is 128 Å². The van der Waals surface area contributed by atoms with Gasteiger partial charge >= 0.3 is 5.97 Å². The number of ether oxygens (including phenoxy) is 1. The van der Waals surface area contributed by atoms with Crippen LogP contribution in [0, 0.1) is 6.92 Å². The van der Waals surface area contributed by atoms with Crippen LogP contribution >= 0.6 is 38.6 Å². The van der Waals surface area contributed by atoms with Gasteiger partial charge in [-0.05, 0) is 39.9 Å². The third-order valence-electron chi connectivity index (χ3n) is 2.53. The van der Waals surface area contributed by atoms with E-state index in [1.54, 1.807) is 11.3 Å². The summed E-state index contributed by atoms with van der Waals surface area (Å²) in [6.45, 7) is 2.64. The maximum Gasteiger partial charge on any atom is 0.357 e. The molecule has 0 saturated carbocycles. The highest BCUT2D eigenvalue weighted by molar-refractivity contribution is 9.11. The van der Waals surface area contributed by atoms with Gasteiger partial charge in [-0.15, -0.1) is 22.7 Å². The van der Waals surface area contributed by atoms with Crippen LogP contribution < -0.4 is 4.90 Å². The zero-order chi connectivity index (χ0) is 14.0. The maximum absolute atomic E-state index is 11.5. The van der Waals surface area contributed by atoms with Crippen LogP contribution in [0.4, 0.5) is 5.13 Å². The molecule has 0 radical (unpaired) electrons. The number of aryl methyl sites for hydroxylation is 1. The van der Waals surface area contributed by atoms with Crippen LogP contribution in [0.3, 0.4) is 0 Å². The molecule has 0 aliphatic carbocycles. The molecule has 0 aliphatic heterocycles. The average Bonchev–Trinajstić information content (AvgIpc) is 2.95. The van der Waals surface area contributed by atoms with Crippen molar-refractivity contribution in [2.45, 2.75) is 13.5 Å². The van der Waals surface area contributed by atoms with Gasteiger partial charge in [0.1, 0.15) is 0 Å². The number of carbonyl (C=O) groups is 1. The number of nitrogens with zero attached hydrogens (tertiary/aromatic N) is 2. The van der Waals surface area contributed by atoms with Gasteiger partial charge in [0.15, 0.2) is 10.8 Å². The van der Waals surface area contributed by atoms with Crippen LogP contribution in [-0.2, 0) is 11.3 Å². The molecule has 0 aromatic carbocycles. The van der Waals surface area contributed by atoms with Crippen molar-refractivity contribution in [3.05, 3.63) is 31.4 Å². The minimum Gasteiger partial charge on any atom is -0.464 e. The molecule has 0 bridgehead atoms. The van der Waals surface area contributed by atoms with E-state index in [2.05, 4.69) is 32.4 Å². The van der Waals surface area contributed by atoms with Crippen LogP contribution in [0.15, 0.2) is 15.2 Å². The first kappa shape index (κ1) is 14.5. The Bertz CT molecular complexity index is 594. The summed E-state index contributed by atoms with van der Waals surface area (Å²) in [7, 11) is 3.33. The first-order valence-electron chi connectivity index (χ1n) is 5.51. The van der Waals surface area contributed by atoms with E-state index in [9.17, 15) is 4.79 Å². The Morgan fingerprint density at radius 2 is 2.32 bits per heavy atom. The van der Waals surface area contributed by atoms with Gasteiger partial charge in [-0.3, -0.25) is 0 Å². The van der Waals surface area contributed by atoms with Gasteiger partial charge in [0.25, 0.3) is 0 Å². The topological polar surface area (TPSA) is 42.4 Å². The van der Waals surface area contributed by atoms with Crippen LogP contribution in [0.5, 0.6) is 0 Å². The summed E-state index contributed by atoms with van der Waals surface area (Å²) in [5.41, 5.74) is 1.62. The molecule has 19 heavy (non-hydrogen) atoms. The molecule has 0 unspecified atom stereocenters. The fourth-order valence-corrected chi connectivity index (χ4v) is 3.66. The van der Waals surface area contributed by atoms with Crippen molar-refractivity contribution in [2.24, 2.45) is 0 Å². The van der Waals surface area contributed by atoms with Crippen molar-refractivity contribution in [1.82, 2.24) is 4.98 Å². The number of carbonyl (C=O) groups excluding carboxylic acids is 1. The Kier molecular flexibility index (Phi) is 4.59. The molecule has 2 aromatic heterocycles. The summed E-state index contributed by atoms with van der Waals surface area (Å²) >= 11 is 6.60. The van der Waals surface area contributed by atoms with E-state index in [0.717, 1.165) is 20.3 Å². The molecule has 2 aromatic rings. The van der Waals surface area contributed by atoms with E-state index in [0.29, 0.717) is 5.69 Å². The molecule has 0 saturated heterocycles. The van der Waals surface area contributed by atoms with Gasteiger partial charge in [0.05, 0.1) is 10.9 Å². The minimum absolute atomic E-state index is 0.383. The molecule has 4 nitrogen and oxygen atoms in total. The zero-order valence-electron chi connectivity index (χ0n) is 10.8. The highest BCUT2D eigenvalue weighted by Crippen LogP contribution is 2.28. The number of anilines is 1.